The fourth-order valence-corrected chi connectivity index (χ4v) is 4.75. The van der Waals surface area contributed by atoms with Crippen LogP contribution in [0.1, 0.15) is 15.9 Å². The lowest BCUT2D eigenvalue weighted by Gasteiger charge is -2.22. The second-order valence-corrected chi connectivity index (χ2v) is 11.0. The zero-order valence-electron chi connectivity index (χ0n) is 21.5. The van der Waals surface area contributed by atoms with Gasteiger partial charge in [0, 0.05) is 42.4 Å². The molecule has 5 N–H and O–H groups in total. The Hall–Kier alpha value is -3.89. The Morgan fingerprint density at radius 3 is 2.23 bits per heavy atom. The van der Waals surface area contributed by atoms with Crippen LogP contribution in [-0.4, -0.2) is 68.6 Å². The topological polar surface area (TPSA) is 181 Å². The molecule has 210 valence electrons. The number of sulfonamides is 1. The van der Waals surface area contributed by atoms with Crippen LogP contribution in [0.25, 0.3) is 11.1 Å². The number of carbonyl (C=O) groups is 4. The summed E-state index contributed by atoms with van der Waals surface area (Å²) < 4.78 is 24.6. The molecule has 0 aliphatic rings. The first-order valence-corrected chi connectivity index (χ1v) is 14.8. The minimum absolute atomic E-state index is 0.0583. The lowest BCUT2D eigenvalue weighted by atomic mass is 10.0. The van der Waals surface area contributed by atoms with Gasteiger partial charge in [0.2, 0.25) is 15.9 Å². The molecule has 0 bridgehead atoms. The van der Waals surface area contributed by atoms with Crippen LogP contribution in [0.2, 0.25) is 0 Å². The summed E-state index contributed by atoms with van der Waals surface area (Å²) in [6, 6.07) is 14.4. The summed E-state index contributed by atoms with van der Waals surface area (Å²) in [5, 5.41) is 12.6. The monoisotopic (exact) mass is 678 g/mol. The van der Waals surface area contributed by atoms with Gasteiger partial charge in [-0.25, -0.2) is 18.5 Å². The number of benzene rings is 2. The van der Waals surface area contributed by atoms with Gasteiger partial charge in [-0.05, 0) is 35.4 Å². The highest BCUT2D eigenvalue weighted by molar-refractivity contribution is 14.1. The molecular weight excluding hydrogens is 651 g/mol. The molecule has 40 heavy (non-hydrogen) atoms. The van der Waals surface area contributed by atoms with Crippen LogP contribution in [0.3, 0.4) is 0 Å². The molecule has 0 fully saturated rings. The Morgan fingerprint density at radius 2 is 1.65 bits per heavy atom. The first-order chi connectivity index (χ1) is 18.9. The molecule has 1 unspecified atom stereocenters. The Labute approximate surface area is 244 Å². The predicted octanol–water partition coefficient (Wildman–Crippen LogP) is 1.27. The molecule has 0 saturated heterocycles. The summed E-state index contributed by atoms with van der Waals surface area (Å²) in [4.78, 5) is 55.5. The summed E-state index contributed by atoms with van der Waals surface area (Å²) in [5.74, 6) is -2.93. The smallest absolute Gasteiger partial charge is 0.314 e. The minimum atomic E-state index is -3.97. The number of aromatic nitrogens is 1. The Morgan fingerprint density at radius 1 is 0.975 bits per heavy atom. The summed E-state index contributed by atoms with van der Waals surface area (Å²) >= 11 is 2.17. The van der Waals surface area contributed by atoms with E-state index in [9.17, 15) is 27.6 Å². The highest BCUT2D eigenvalue weighted by Gasteiger charge is 2.25. The number of anilines is 1. The molecule has 12 nitrogen and oxygen atoms in total. The molecule has 1 heterocycles. The second-order valence-electron chi connectivity index (χ2n) is 8.73. The number of likely N-dealkylation sites (N-methyl/N-ethyl adjacent to an activating group) is 1. The number of primary sulfonamides is 1. The number of rotatable bonds is 9. The van der Waals surface area contributed by atoms with Gasteiger partial charge in [-0.15, -0.1) is 0 Å². The van der Waals surface area contributed by atoms with E-state index in [0.29, 0.717) is 11.1 Å². The van der Waals surface area contributed by atoms with Crippen molar-refractivity contribution in [3.05, 3.63) is 78.0 Å². The van der Waals surface area contributed by atoms with E-state index in [2.05, 4.69) is 43.5 Å². The Balaban J connectivity index is 1.68. The molecule has 4 amide bonds. The van der Waals surface area contributed by atoms with Gasteiger partial charge in [0.1, 0.15) is 11.9 Å². The van der Waals surface area contributed by atoms with Crippen LogP contribution >= 0.6 is 22.6 Å². The average molecular weight is 679 g/mol. The second kappa shape index (κ2) is 13.5. The van der Waals surface area contributed by atoms with Crippen LogP contribution in [0.5, 0.6) is 0 Å². The fraction of sp³-hybridized carbons (Fsp3) is 0.192. The van der Waals surface area contributed by atoms with Gasteiger partial charge in [0.15, 0.2) is 0 Å². The number of hydrogen-bond donors (Lipinski definition) is 4. The normalized spacial score (nSPS) is 11.7. The van der Waals surface area contributed by atoms with E-state index < -0.39 is 39.7 Å². The fourth-order valence-electron chi connectivity index (χ4n) is 3.53. The van der Waals surface area contributed by atoms with Gasteiger partial charge in [-0.1, -0.05) is 59.0 Å². The summed E-state index contributed by atoms with van der Waals surface area (Å²) in [6.07, 6.45) is 1.58. The maximum Gasteiger partial charge on any atom is 0.314 e. The molecule has 0 aliphatic carbocycles. The first-order valence-electron chi connectivity index (χ1n) is 11.7. The van der Waals surface area contributed by atoms with Crippen LogP contribution in [-0.2, 0) is 28.8 Å². The van der Waals surface area contributed by atoms with E-state index in [1.54, 1.807) is 48.7 Å². The van der Waals surface area contributed by atoms with Gasteiger partial charge in [-0.2, -0.15) is 0 Å². The minimum Gasteiger partial charge on any atom is -0.347 e. The summed E-state index contributed by atoms with van der Waals surface area (Å²) in [6.45, 7) is -0.351. The molecule has 0 spiro atoms. The number of alkyl halides is 1. The number of amides is 4. The predicted molar refractivity (Wildman–Crippen MR) is 157 cm³/mol. The van der Waals surface area contributed by atoms with Crippen LogP contribution in [0.4, 0.5) is 5.82 Å². The van der Waals surface area contributed by atoms with E-state index in [1.807, 2.05) is 0 Å². The van der Waals surface area contributed by atoms with Crippen molar-refractivity contribution in [2.24, 2.45) is 5.14 Å². The number of pyridine rings is 1. The van der Waals surface area contributed by atoms with Crippen LogP contribution in [0, 0.1) is 0 Å². The molecule has 0 aliphatic heterocycles. The third kappa shape index (κ3) is 8.06. The zero-order chi connectivity index (χ0) is 29.4. The molecule has 2 aromatic carbocycles. The van der Waals surface area contributed by atoms with E-state index in [4.69, 9.17) is 5.14 Å². The van der Waals surface area contributed by atoms with Crippen LogP contribution < -0.4 is 21.1 Å². The van der Waals surface area contributed by atoms with Crippen molar-refractivity contribution in [2.75, 3.05) is 26.0 Å². The Bertz CT molecular complexity index is 1510. The Kier molecular flexibility index (Phi) is 10.3. The van der Waals surface area contributed by atoms with Crippen LogP contribution in [0.15, 0.2) is 71.8 Å². The summed E-state index contributed by atoms with van der Waals surface area (Å²) in [7, 11) is -1.00. The van der Waals surface area contributed by atoms with Gasteiger partial charge >= 0.3 is 11.8 Å². The number of nitrogens with one attached hydrogen (secondary N) is 3. The lowest BCUT2D eigenvalue weighted by molar-refractivity contribution is -0.136. The van der Waals surface area contributed by atoms with Crippen molar-refractivity contribution in [1.82, 2.24) is 20.5 Å². The molecule has 3 rings (SSSR count). The van der Waals surface area contributed by atoms with Crippen molar-refractivity contribution >= 4 is 62.1 Å². The van der Waals surface area contributed by atoms with E-state index in [0.717, 1.165) is 9.99 Å². The zero-order valence-corrected chi connectivity index (χ0v) is 24.5. The van der Waals surface area contributed by atoms with Gasteiger partial charge in [0.05, 0.1) is 4.90 Å². The number of hydrogen-bond acceptors (Lipinski definition) is 7. The van der Waals surface area contributed by atoms with E-state index >= 15 is 0 Å². The number of carbonyl (C=O) groups excluding carboxylic acids is 4. The molecule has 0 radical (unpaired) electrons. The largest absolute Gasteiger partial charge is 0.347 e. The highest BCUT2D eigenvalue weighted by Crippen LogP contribution is 2.26. The molecule has 0 saturated carbocycles. The highest BCUT2D eigenvalue weighted by atomic mass is 127. The summed E-state index contributed by atoms with van der Waals surface area (Å²) in [5.41, 5.74) is 2.01. The number of nitrogens with two attached hydrogens (primary N) is 1. The average Bonchev–Trinajstić information content (AvgIpc) is 2.94. The molecule has 1 aromatic heterocycles. The lowest BCUT2D eigenvalue weighted by Crippen LogP contribution is -2.53. The quantitative estimate of drug-likeness (QED) is 0.149. The van der Waals surface area contributed by atoms with Crippen molar-refractivity contribution in [3.8, 4) is 11.1 Å². The van der Waals surface area contributed by atoms with Gasteiger partial charge in [0.25, 0.3) is 5.91 Å². The maximum absolute atomic E-state index is 12.9. The molecule has 3 aromatic rings. The van der Waals surface area contributed by atoms with Gasteiger partial charge in [-0.3, -0.25) is 19.2 Å². The van der Waals surface area contributed by atoms with Crippen molar-refractivity contribution in [2.45, 2.75) is 15.4 Å². The standard InChI is InChI=1S/C26H27IN6O6S/c1-33(2)26(37)20(15-30-24(35)25(36)32-22-12-7-16(13-27)14-29-22)31-23(34)18-10-8-17(9-11-18)19-5-3-4-6-21(19)40(28,38)39/h3-12,14,20H,13,15H2,1-2H3,(H,30,35)(H,31,34)(H2,28,38,39)(H,29,32,36). The van der Waals surface area contributed by atoms with Crippen molar-refractivity contribution < 1.29 is 27.6 Å². The SMILES string of the molecule is CN(C)C(=O)C(CNC(=O)C(=O)Nc1ccc(CI)cn1)NC(=O)c1ccc(-c2ccccc2S(N)(=O)=O)cc1. The first kappa shape index (κ1) is 30.6. The third-order valence-corrected chi connectivity index (χ3v) is 7.44. The van der Waals surface area contributed by atoms with E-state index in [-0.39, 0.29) is 22.8 Å². The third-order valence-electron chi connectivity index (χ3n) is 5.59. The maximum atomic E-state index is 12.9. The molecule has 14 heteroatoms. The van der Waals surface area contributed by atoms with Gasteiger partial charge < -0.3 is 20.9 Å². The van der Waals surface area contributed by atoms with Crippen molar-refractivity contribution in [1.29, 1.82) is 0 Å². The number of nitrogens with zero attached hydrogens (tertiary/aromatic N) is 2. The molecular formula is C26H27IN6O6S. The number of halogens is 1. The van der Waals surface area contributed by atoms with Crippen molar-refractivity contribution in [3.63, 3.8) is 0 Å². The molecule has 1 atom stereocenters. The van der Waals surface area contributed by atoms with E-state index in [1.165, 1.54) is 37.2 Å².